The van der Waals surface area contributed by atoms with Crippen LogP contribution in [0.3, 0.4) is 0 Å². The van der Waals surface area contributed by atoms with E-state index in [1.54, 1.807) is 12.1 Å². The van der Waals surface area contributed by atoms with Crippen molar-refractivity contribution in [3.63, 3.8) is 0 Å². The van der Waals surface area contributed by atoms with Gasteiger partial charge in [0.1, 0.15) is 5.82 Å². The summed E-state index contributed by atoms with van der Waals surface area (Å²) in [6, 6.07) is 3.47. The molecule has 1 aliphatic rings. The van der Waals surface area contributed by atoms with Gasteiger partial charge >= 0.3 is 5.97 Å². The molecule has 2 heterocycles. The highest BCUT2D eigenvalue weighted by Crippen LogP contribution is 2.28. The van der Waals surface area contributed by atoms with Gasteiger partial charge in [-0.25, -0.2) is 4.98 Å². The molecule has 114 valence electrons. The fourth-order valence-electron chi connectivity index (χ4n) is 2.84. The van der Waals surface area contributed by atoms with Crippen molar-refractivity contribution in [3.8, 4) is 0 Å². The van der Waals surface area contributed by atoms with Crippen LogP contribution in [0.25, 0.3) is 0 Å². The van der Waals surface area contributed by atoms with Crippen LogP contribution in [-0.4, -0.2) is 35.1 Å². The van der Waals surface area contributed by atoms with Crippen LogP contribution in [0.1, 0.15) is 36.5 Å². The minimum atomic E-state index is -0.747. The number of primary amides is 1. The van der Waals surface area contributed by atoms with Gasteiger partial charge in [-0.3, -0.25) is 9.59 Å². The second-order valence-electron chi connectivity index (χ2n) is 5.69. The molecule has 0 saturated carbocycles. The molecule has 2 rings (SSSR count). The largest absolute Gasteiger partial charge is 0.481 e. The lowest BCUT2D eigenvalue weighted by atomic mass is 9.84. The molecule has 0 aromatic carbocycles. The molecular formula is C15H21N3O3. The molecule has 2 atom stereocenters. The summed E-state index contributed by atoms with van der Waals surface area (Å²) in [5.41, 5.74) is 5.60. The third-order valence-electron chi connectivity index (χ3n) is 4.12. The standard InChI is InChI=1S/C15H21N3O3/c1-10(7-14(19)20)12-3-2-6-18(9-12)13-5-4-11(8-17-13)15(16)21/h4-5,8,10,12H,2-3,6-7,9H2,1H3,(H2,16,21)(H,19,20). The second-order valence-corrected chi connectivity index (χ2v) is 5.69. The van der Waals surface area contributed by atoms with Gasteiger partial charge in [0.15, 0.2) is 0 Å². The number of nitrogens with two attached hydrogens (primary N) is 1. The Hall–Kier alpha value is -2.11. The molecule has 3 N–H and O–H groups in total. The number of hydrogen-bond acceptors (Lipinski definition) is 4. The minimum Gasteiger partial charge on any atom is -0.481 e. The number of carbonyl (C=O) groups excluding carboxylic acids is 1. The van der Waals surface area contributed by atoms with E-state index in [0.29, 0.717) is 11.5 Å². The molecule has 1 fully saturated rings. The molecule has 0 bridgehead atoms. The van der Waals surface area contributed by atoms with E-state index in [2.05, 4.69) is 9.88 Å². The summed E-state index contributed by atoms with van der Waals surface area (Å²) < 4.78 is 0. The van der Waals surface area contributed by atoms with Gasteiger partial charge in [-0.1, -0.05) is 6.92 Å². The van der Waals surface area contributed by atoms with Crippen LogP contribution in [0.4, 0.5) is 5.82 Å². The maximum atomic E-state index is 11.0. The molecule has 1 aromatic rings. The van der Waals surface area contributed by atoms with Gasteiger partial charge in [0, 0.05) is 25.7 Å². The second kappa shape index (κ2) is 6.56. The highest BCUT2D eigenvalue weighted by molar-refractivity contribution is 5.92. The number of rotatable bonds is 5. The highest BCUT2D eigenvalue weighted by Gasteiger charge is 2.26. The predicted molar refractivity (Wildman–Crippen MR) is 79.1 cm³/mol. The normalized spacial score (nSPS) is 20.0. The van der Waals surface area contributed by atoms with Gasteiger partial charge in [-0.05, 0) is 36.8 Å². The molecule has 21 heavy (non-hydrogen) atoms. The molecular weight excluding hydrogens is 270 g/mol. The zero-order valence-corrected chi connectivity index (χ0v) is 12.2. The molecule has 2 unspecified atom stereocenters. The van der Waals surface area contributed by atoms with Gasteiger partial charge in [0.25, 0.3) is 0 Å². The maximum absolute atomic E-state index is 11.0. The van der Waals surface area contributed by atoms with Gasteiger partial charge in [0.2, 0.25) is 5.91 Å². The van der Waals surface area contributed by atoms with Crippen molar-refractivity contribution in [3.05, 3.63) is 23.9 Å². The van der Waals surface area contributed by atoms with E-state index in [4.69, 9.17) is 10.8 Å². The number of pyridine rings is 1. The average Bonchev–Trinajstić information content (AvgIpc) is 2.47. The van der Waals surface area contributed by atoms with Crippen LogP contribution in [0.2, 0.25) is 0 Å². The number of hydrogen-bond donors (Lipinski definition) is 2. The van der Waals surface area contributed by atoms with Crippen molar-refractivity contribution in [1.29, 1.82) is 0 Å². The monoisotopic (exact) mass is 291 g/mol. The summed E-state index contributed by atoms with van der Waals surface area (Å²) in [6.45, 7) is 3.70. The van der Waals surface area contributed by atoms with Crippen LogP contribution in [0.15, 0.2) is 18.3 Å². The summed E-state index contributed by atoms with van der Waals surface area (Å²) >= 11 is 0. The summed E-state index contributed by atoms with van der Waals surface area (Å²) in [5.74, 6) is 0.0825. The Morgan fingerprint density at radius 1 is 1.52 bits per heavy atom. The van der Waals surface area contributed by atoms with Crippen molar-refractivity contribution < 1.29 is 14.7 Å². The first-order valence-corrected chi connectivity index (χ1v) is 7.20. The van der Waals surface area contributed by atoms with Crippen molar-refractivity contribution in [1.82, 2.24) is 4.98 Å². The Morgan fingerprint density at radius 3 is 2.86 bits per heavy atom. The topological polar surface area (TPSA) is 96.5 Å². The smallest absolute Gasteiger partial charge is 0.303 e. The van der Waals surface area contributed by atoms with Crippen LogP contribution in [-0.2, 0) is 4.79 Å². The Morgan fingerprint density at radius 2 is 2.29 bits per heavy atom. The van der Waals surface area contributed by atoms with Crippen molar-refractivity contribution in [2.24, 2.45) is 17.6 Å². The van der Waals surface area contributed by atoms with Gasteiger partial charge in [0.05, 0.1) is 5.56 Å². The zero-order chi connectivity index (χ0) is 15.4. The average molecular weight is 291 g/mol. The van der Waals surface area contributed by atoms with E-state index in [9.17, 15) is 9.59 Å². The third-order valence-corrected chi connectivity index (χ3v) is 4.12. The van der Waals surface area contributed by atoms with E-state index >= 15 is 0 Å². The molecule has 0 aliphatic carbocycles. The summed E-state index contributed by atoms with van der Waals surface area (Å²) in [6.07, 6.45) is 3.76. The van der Waals surface area contributed by atoms with Crippen molar-refractivity contribution in [2.75, 3.05) is 18.0 Å². The molecule has 1 amide bonds. The van der Waals surface area contributed by atoms with Crippen LogP contribution >= 0.6 is 0 Å². The van der Waals surface area contributed by atoms with E-state index in [1.807, 2.05) is 6.92 Å². The van der Waals surface area contributed by atoms with E-state index in [-0.39, 0.29) is 12.3 Å². The molecule has 0 radical (unpaired) electrons. The molecule has 0 spiro atoms. The predicted octanol–water partition coefficient (Wildman–Crippen LogP) is 1.51. The van der Waals surface area contributed by atoms with Gasteiger partial charge in [-0.15, -0.1) is 0 Å². The van der Waals surface area contributed by atoms with E-state index in [1.165, 1.54) is 6.20 Å². The molecule has 6 nitrogen and oxygen atoms in total. The number of aliphatic carboxylic acids is 1. The number of carbonyl (C=O) groups is 2. The SMILES string of the molecule is CC(CC(=O)O)C1CCCN(c2ccc(C(N)=O)cn2)C1. The first-order chi connectivity index (χ1) is 9.97. The highest BCUT2D eigenvalue weighted by atomic mass is 16.4. The molecule has 1 aromatic heterocycles. The number of aromatic nitrogens is 1. The maximum Gasteiger partial charge on any atom is 0.303 e. The fraction of sp³-hybridized carbons (Fsp3) is 0.533. The quantitative estimate of drug-likeness (QED) is 0.857. The molecule has 1 aliphatic heterocycles. The minimum absolute atomic E-state index is 0.148. The lowest BCUT2D eigenvalue weighted by Gasteiger charge is -2.36. The number of carboxylic acids is 1. The lowest BCUT2D eigenvalue weighted by molar-refractivity contribution is -0.138. The lowest BCUT2D eigenvalue weighted by Crippen LogP contribution is -2.38. The molecule has 1 saturated heterocycles. The van der Waals surface area contributed by atoms with E-state index < -0.39 is 11.9 Å². The Labute approximate surface area is 124 Å². The first kappa shape index (κ1) is 15.3. The van der Waals surface area contributed by atoms with Crippen molar-refractivity contribution >= 4 is 17.7 Å². The van der Waals surface area contributed by atoms with E-state index in [0.717, 1.165) is 31.7 Å². The van der Waals surface area contributed by atoms with Crippen molar-refractivity contribution in [2.45, 2.75) is 26.2 Å². The Balaban J connectivity index is 2.03. The number of piperidine rings is 1. The van der Waals surface area contributed by atoms with Crippen LogP contribution in [0, 0.1) is 11.8 Å². The first-order valence-electron chi connectivity index (χ1n) is 7.20. The van der Waals surface area contributed by atoms with Crippen LogP contribution in [0.5, 0.6) is 0 Å². The van der Waals surface area contributed by atoms with Crippen LogP contribution < -0.4 is 10.6 Å². The summed E-state index contributed by atoms with van der Waals surface area (Å²) in [7, 11) is 0. The van der Waals surface area contributed by atoms with Gasteiger partial charge < -0.3 is 15.7 Å². The zero-order valence-electron chi connectivity index (χ0n) is 12.2. The van der Waals surface area contributed by atoms with Gasteiger partial charge in [-0.2, -0.15) is 0 Å². The summed E-state index contributed by atoms with van der Waals surface area (Å²) in [5, 5.41) is 8.91. The number of anilines is 1. The number of carboxylic acid groups (broad SMARTS) is 1. The Bertz CT molecular complexity index is 515. The molecule has 6 heteroatoms. The summed E-state index contributed by atoms with van der Waals surface area (Å²) in [4.78, 5) is 28.3. The number of nitrogens with zero attached hydrogens (tertiary/aromatic N) is 2. The fourth-order valence-corrected chi connectivity index (χ4v) is 2.84. The third kappa shape index (κ3) is 3.93. The number of amides is 1. The Kier molecular flexibility index (Phi) is 4.77.